The van der Waals surface area contributed by atoms with Gasteiger partial charge in [0.05, 0.1) is 16.7 Å². The average molecular weight is 397 g/mol. The Kier molecular flexibility index (Phi) is 4.14. The van der Waals surface area contributed by atoms with Gasteiger partial charge in [-0.05, 0) is 18.2 Å². The van der Waals surface area contributed by atoms with Crippen LogP contribution in [0.3, 0.4) is 0 Å². The number of hydrogen-bond acceptors (Lipinski definition) is 4. The maximum Gasteiger partial charge on any atom is 0.394 e. The molecule has 2 atom stereocenters. The number of fused-ring (bicyclic) bond motifs is 3. The van der Waals surface area contributed by atoms with Crippen LogP contribution in [0.4, 0.5) is 13.2 Å². The first kappa shape index (κ1) is 17.8. The molecule has 1 N–H and O–H groups in total. The van der Waals surface area contributed by atoms with Crippen LogP contribution in [0, 0.1) is 11.8 Å². The lowest BCUT2D eigenvalue weighted by molar-refractivity contribution is -0.187. The molecule has 0 unspecified atom stereocenters. The largest absolute Gasteiger partial charge is 0.488 e. The fraction of sp³-hybridized carbons (Fsp3) is 0.333. The number of carboxylic acid groups (broad SMARTS) is 1. The van der Waals surface area contributed by atoms with Crippen molar-refractivity contribution in [2.24, 2.45) is 11.8 Å². The first-order chi connectivity index (χ1) is 12.8. The van der Waals surface area contributed by atoms with Crippen molar-refractivity contribution in [2.75, 3.05) is 13.1 Å². The molecule has 27 heavy (non-hydrogen) atoms. The van der Waals surface area contributed by atoms with Gasteiger partial charge in [0, 0.05) is 29.1 Å². The van der Waals surface area contributed by atoms with Gasteiger partial charge in [0.25, 0.3) is 5.91 Å². The number of nitrogens with zero attached hydrogens (tertiary/aromatic N) is 1. The van der Waals surface area contributed by atoms with Crippen LogP contribution in [0.15, 0.2) is 30.3 Å². The quantitative estimate of drug-likeness (QED) is 0.840. The number of hydrogen-bond donors (Lipinski definition) is 1. The molecule has 4 rings (SSSR count). The van der Waals surface area contributed by atoms with E-state index in [1.54, 1.807) is 6.07 Å². The molecule has 1 fully saturated rings. The molecule has 142 valence electrons. The summed E-state index contributed by atoms with van der Waals surface area (Å²) >= 11 is 1.19. The van der Waals surface area contributed by atoms with Crippen molar-refractivity contribution in [2.45, 2.75) is 12.8 Å². The fourth-order valence-electron chi connectivity index (χ4n) is 3.51. The summed E-state index contributed by atoms with van der Waals surface area (Å²) in [5.74, 6) is -5.13. The van der Waals surface area contributed by atoms with Crippen LogP contribution in [0.2, 0.25) is 0 Å². The summed E-state index contributed by atoms with van der Waals surface area (Å²) in [7, 11) is 0. The number of ether oxygens (including phenoxy) is 1. The predicted octanol–water partition coefficient (Wildman–Crippen LogP) is 3.64. The molecular formula is C18H14F3NO4S. The van der Waals surface area contributed by atoms with Gasteiger partial charge in [-0.2, -0.15) is 13.2 Å². The Bertz CT molecular complexity index is 924. The Balaban J connectivity index is 1.62. The van der Waals surface area contributed by atoms with E-state index in [1.165, 1.54) is 11.3 Å². The second-order valence-corrected chi connectivity index (χ2v) is 7.61. The molecule has 0 spiro atoms. The second kappa shape index (κ2) is 6.26. The molecule has 0 radical (unpaired) electrons. The fourth-order valence-corrected chi connectivity index (χ4v) is 4.68. The number of amides is 1. The zero-order valence-electron chi connectivity index (χ0n) is 13.8. The van der Waals surface area contributed by atoms with Gasteiger partial charge < -0.3 is 14.7 Å². The summed E-state index contributed by atoms with van der Waals surface area (Å²) in [4.78, 5) is 26.1. The number of thiophene rings is 1. The van der Waals surface area contributed by atoms with Crippen LogP contribution in [-0.2, 0) is 11.4 Å². The highest BCUT2D eigenvalue weighted by Gasteiger charge is 2.53. The Morgan fingerprint density at radius 3 is 2.63 bits per heavy atom. The number of aliphatic carboxylic acids is 1. The minimum atomic E-state index is -4.67. The summed E-state index contributed by atoms with van der Waals surface area (Å²) < 4.78 is 45.1. The van der Waals surface area contributed by atoms with Gasteiger partial charge in [0.2, 0.25) is 0 Å². The SMILES string of the molecule is O=C(O)[C@@H]1CN(C(=O)c2cc3c(s2)-c2ccccc2OC3)C[C@H]1C(F)(F)F. The molecule has 0 bridgehead atoms. The van der Waals surface area contributed by atoms with Gasteiger partial charge in [-0.1, -0.05) is 12.1 Å². The van der Waals surface area contributed by atoms with E-state index in [-0.39, 0.29) is 11.5 Å². The predicted molar refractivity (Wildman–Crippen MR) is 90.7 cm³/mol. The van der Waals surface area contributed by atoms with Crippen LogP contribution in [0.1, 0.15) is 15.2 Å². The molecular weight excluding hydrogens is 383 g/mol. The molecule has 2 aliphatic heterocycles. The van der Waals surface area contributed by atoms with E-state index in [0.717, 1.165) is 20.9 Å². The number of carboxylic acids is 1. The van der Waals surface area contributed by atoms with E-state index in [1.807, 2.05) is 24.3 Å². The lowest BCUT2D eigenvalue weighted by atomic mass is 9.96. The van der Waals surface area contributed by atoms with Crippen molar-refractivity contribution in [3.63, 3.8) is 0 Å². The standard InChI is InChI=1S/C18H14F3NO4S/c19-18(20,21)12-7-22(6-11(12)17(24)25)16(23)14-5-9-8-26-13-4-2-1-3-10(13)15(9)27-14/h1-5,11-12H,6-8H2,(H,24,25)/t11-,12-/m1/s1. The van der Waals surface area contributed by atoms with Crippen molar-refractivity contribution >= 4 is 23.2 Å². The minimum absolute atomic E-state index is 0.277. The molecule has 9 heteroatoms. The monoisotopic (exact) mass is 397 g/mol. The molecule has 0 aliphatic carbocycles. The lowest BCUT2D eigenvalue weighted by Gasteiger charge is -2.18. The molecule has 1 aromatic carbocycles. The third-order valence-electron chi connectivity index (χ3n) is 4.88. The molecule has 1 amide bonds. The summed E-state index contributed by atoms with van der Waals surface area (Å²) in [5.41, 5.74) is 1.63. The number of benzene rings is 1. The van der Waals surface area contributed by atoms with Gasteiger partial charge in [-0.3, -0.25) is 9.59 Å². The maximum atomic E-state index is 13.1. The Labute approximate surface area is 156 Å². The third kappa shape index (κ3) is 3.05. The van der Waals surface area contributed by atoms with Crippen molar-refractivity contribution in [1.29, 1.82) is 0 Å². The Hall–Kier alpha value is -2.55. The number of halogens is 3. The summed E-state index contributed by atoms with van der Waals surface area (Å²) in [6.07, 6.45) is -4.67. The first-order valence-electron chi connectivity index (χ1n) is 8.19. The van der Waals surface area contributed by atoms with Crippen LogP contribution in [-0.4, -0.2) is 41.1 Å². The van der Waals surface area contributed by atoms with Crippen molar-refractivity contribution in [3.05, 3.63) is 40.8 Å². The van der Waals surface area contributed by atoms with Gasteiger partial charge in [-0.15, -0.1) is 11.3 Å². The van der Waals surface area contributed by atoms with Crippen molar-refractivity contribution < 1.29 is 32.6 Å². The van der Waals surface area contributed by atoms with Gasteiger partial charge >= 0.3 is 12.1 Å². The highest BCUT2D eigenvalue weighted by molar-refractivity contribution is 7.17. The normalized spacial score (nSPS) is 21.4. The molecule has 3 heterocycles. The molecule has 2 aromatic rings. The van der Waals surface area contributed by atoms with Crippen LogP contribution < -0.4 is 4.74 Å². The van der Waals surface area contributed by atoms with E-state index in [9.17, 15) is 22.8 Å². The number of carbonyl (C=O) groups is 2. The molecule has 2 aliphatic rings. The Morgan fingerprint density at radius 1 is 1.22 bits per heavy atom. The summed E-state index contributed by atoms with van der Waals surface area (Å²) in [6.45, 7) is -0.817. The zero-order valence-corrected chi connectivity index (χ0v) is 14.6. The highest BCUT2D eigenvalue weighted by atomic mass is 32.1. The third-order valence-corrected chi connectivity index (χ3v) is 6.08. The van der Waals surface area contributed by atoms with Gasteiger partial charge in [0.1, 0.15) is 12.4 Å². The number of para-hydroxylation sites is 1. The average Bonchev–Trinajstić information content (AvgIpc) is 3.25. The topological polar surface area (TPSA) is 66.8 Å². The van der Waals surface area contributed by atoms with Crippen LogP contribution in [0.25, 0.3) is 10.4 Å². The van der Waals surface area contributed by atoms with Crippen LogP contribution >= 0.6 is 11.3 Å². The van der Waals surface area contributed by atoms with Crippen molar-refractivity contribution in [3.8, 4) is 16.2 Å². The number of rotatable bonds is 2. The van der Waals surface area contributed by atoms with E-state index in [4.69, 9.17) is 9.84 Å². The number of likely N-dealkylation sites (tertiary alicyclic amines) is 1. The smallest absolute Gasteiger partial charge is 0.394 e. The highest BCUT2D eigenvalue weighted by Crippen LogP contribution is 2.43. The number of alkyl halides is 3. The van der Waals surface area contributed by atoms with Crippen LogP contribution in [0.5, 0.6) is 5.75 Å². The zero-order chi connectivity index (χ0) is 19.3. The van der Waals surface area contributed by atoms with Gasteiger partial charge in [-0.25, -0.2) is 0 Å². The molecule has 5 nitrogen and oxygen atoms in total. The molecule has 0 saturated carbocycles. The summed E-state index contributed by atoms with van der Waals surface area (Å²) in [6, 6.07) is 8.95. The van der Waals surface area contributed by atoms with Gasteiger partial charge in [0.15, 0.2) is 0 Å². The lowest BCUT2D eigenvalue weighted by Crippen LogP contribution is -2.34. The maximum absolute atomic E-state index is 13.1. The Morgan fingerprint density at radius 2 is 1.96 bits per heavy atom. The minimum Gasteiger partial charge on any atom is -0.488 e. The second-order valence-electron chi connectivity index (χ2n) is 6.55. The first-order valence-corrected chi connectivity index (χ1v) is 9.01. The number of carbonyl (C=O) groups excluding carboxylic acids is 1. The van der Waals surface area contributed by atoms with E-state index < -0.39 is 43.0 Å². The molecule has 1 saturated heterocycles. The van der Waals surface area contributed by atoms with E-state index >= 15 is 0 Å². The summed E-state index contributed by atoms with van der Waals surface area (Å²) in [5, 5.41) is 9.11. The van der Waals surface area contributed by atoms with E-state index in [2.05, 4.69) is 0 Å². The van der Waals surface area contributed by atoms with Crippen molar-refractivity contribution in [1.82, 2.24) is 4.90 Å². The molecule has 1 aromatic heterocycles. The van der Waals surface area contributed by atoms with E-state index in [0.29, 0.717) is 5.75 Å².